The van der Waals surface area contributed by atoms with E-state index < -0.39 is 0 Å². The molecule has 0 saturated carbocycles. The van der Waals surface area contributed by atoms with E-state index in [0.717, 1.165) is 31.7 Å². The second kappa shape index (κ2) is 9.06. The normalized spacial score (nSPS) is 11.1. The second-order valence-electron chi connectivity index (χ2n) is 6.16. The standard InChI is InChI=1S/C21H26N2O2.ClH/c1-4-22(5-2)13-14-25-21(24)16-11-12-18-17-9-7-8-10-19(17)23(6-3)20(18)15-16;/h7-12,15H,4-6,13-14H2,1-3H3;1H. The molecule has 1 heterocycles. The van der Waals surface area contributed by atoms with Crippen LogP contribution in [0.4, 0.5) is 0 Å². The van der Waals surface area contributed by atoms with Crippen molar-refractivity contribution in [3.05, 3.63) is 48.0 Å². The summed E-state index contributed by atoms with van der Waals surface area (Å²) in [4.78, 5) is 14.7. The summed E-state index contributed by atoms with van der Waals surface area (Å²) in [5.41, 5.74) is 2.90. The first kappa shape index (κ1) is 20.3. The Morgan fingerprint density at radius 2 is 1.69 bits per heavy atom. The van der Waals surface area contributed by atoms with Crippen LogP contribution in [0.15, 0.2) is 42.5 Å². The predicted octanol–water partition coefficient (Wildman–Crippen LogP) is 4.73. The number of aryl methyl sites for hydroxylation is 1. The third kappa shape index (κ3) is 3.87. The second-order valence-corrected chi connectivity index (χ2v) is 6.16. The van der Waals surface area contributed by atoms with Gasteiger partial charge in [-0.2, -0.15) is 0 Å². The summed E-state index contributed by atoms with van der Waals surface area (Å²) in [6.07, 6.45) is 0. The fourth-order valence-corrected chi connectivity index (χ4v) is 3.41. The molecule has 0 bridgehead atoms. The number of nitrogens with zero attached hydrogens (tertiary/aromatic N) is 2. The highest BCUT2D eigenvalue weighted by Gasteiger charge is 2.13. The Balaban J connectivity index is 0.00000243. The van der Waals surface area contributed by atoms with Crippen molar-refractivity contribution in [1.29, 1.82) is 0 Å². The smallest absolute Gasteiger partial charge is 0.338 e. The van der Waals surface area contributed by atoms with E-state index in [9.17, 15) is 4.79 Å². The average Bonchev–Trinajstić information content (AvgIpc) is 2.98. The number of benzene rings is 2. The number of esters is 1. The van der Waals surface area contributed by atoms with Gasteiger partial charge in [-0.1, -0.05) is 38.1 Å². The molecule has 0 amide bonds. The zero-order valence-electron chi connectivity index (χ0n) is 15.7. The van der Waals surface area contributed by atoms with E-state index in [2.05, 4.69) is 54.5 Å². The van der Waals surface area contributed by atoms with Gasteiger partial charge in [0.05, 0.1) is 5.56 Å². The molecular weight excluding hydrogens is 348 g/mol. The van der Waals surface area contributed by atoms with Gasteiger partial charge in [-0.25, -0.2) is 4.79 Å². The summed E-state index contributed by atoms with van der Waals surface area (Å²) in [5.74, 6) is -0.248. The zero-order chi connectivity index (χ0) is 17.8. The van der Waals surface area contributed by atoms with Crippen LogP contribution in [0.2, 0.25) is 0 Å². The number of fused-ring (bicyclic) bond motifs is 3. The lowest BCUT2D eigenvalue weighted by molar-refractivity contribution is 0.0466. The molecule has 0 atom stereocenters. The third-order valence-electron chi connectivity index (χ3n) is 4.86. The number of para-hydroxylation sites is 1. The fourth-order valence-electron chi connectivity index (χ4n) is 3.41. The molecule has 1 aromatic heterocycles. The molecule has 0 N–H and O–H groups in total. The van der Waals surface area contributed by atoms with E-state index in [1.54, 1.807) is 0 Å². The molecule has 0 aliphatic heterocycles. The largest absolute Gasteiger partial charge is 0.461 e. The topological polar surface area (TPSA) is 34.5 Å². The minimum Gasteiger partial charge on any atom is -0.461 e. The van der Waals surface area contributed by atoms with Crippen LogP contribution in [-0.2, 0) is 11.3 Å². The van der Waals surface area contributed by atoms with Gasteiger partial charge in [0.25, 0.3) is 0 Å². The molecular formula is C21H27ClN2O2. The van der Waals surface area contributed by atoms with Crippen LogP contribution in [0.25, 0.3) is 21.8 Å². The monoisotopic (exact) mass is 374 g/mol. The highest BCUT2D eigenvalue weighted by Crippen LogP contribution is 2.29. The van der Waals surface area contributed by atoms with Gasteiger partial charge < -0.3 is 14.2 Å². The first-order valence-electron chi connectivity index (χ1n) is 9.10. The van der Waals surface area contributed by atoms with E-state index in [1.807, 2.05) is 18.2 Å². The number of likely N-dealkylation sites (N-methyl/N-ethyl adjacent to an activating group) is 1. The number of rotatable bonds is 7. The van der Waals surface area contributed by atoms with Gasteiger partial charge in [0.1, 0.15) is 6.61 Å². The van der Waals surface area contributed by atoms with Crippen molar-refractivity contribution >= 4 is 40.2 Å². The van der Waals surface area contributed by atoms with Crippen molar-refractivity contribution in [3.8, 4) is 0 Å². The van der Waals surface area contributed by atoms with Crippen LogP contribution >= 0.6 is 12.4 Å². The Morgan fingerprint density at radius 3 is 2.38 bits per heavy atom. The molecule has 0 fully saturated rings. The minimum absolute atomic E-state index is 0. The number of aromatic nitrogens is 1. The minimum atomic E-state index is -0.248. The van der Waals surface area contributed by atoms with Gasteiger partial charge in [0.15, 0.2) is 0 Å². The van der Waals surface area contributed by atoms with Crippen LogP contribution in [0.1, 0.15) is 31.1 Å². The number of carbonyl (C=O) groups is 1. The quantitative estimate of drug-likeness (QED) is 0.560. The van der Waals surface area contributed by atoms with E-state index in [-0.39, 0.29) is 18.4 Å². The maximum atomic E-state index is 12.4. The molecule has 26 heavy (non-hydrogen) atoms. The number of hydrogen-bond acceptors (Lipinski definition) is 3. The van der Waals surface area contributed by atoms with Gasteiger partial charge in [0, 0.05) is 34.9 Å². The molecule has 0 aliphatic carbocycles. The fraction of sp³-hybridized carbons (Fsp3) is 0.381. The van der Waals surface area contributed by atoms with Crippen LogP contribution in [0, 0.1) is 0 Å². The predicted molar refractivity (Wildman–Crippen MR) is 110 cm³/mol. The van der Waals surface area contributed by atoms with Crippen molar-refractivity contribution in [3.63, 3.8) is 0 Å². The molecule has 140 valence electrons. The van der Waals surface area contributed by atoms with E-state index in [1.165, 1.54) is 16.3 Å². The lowest BCUT2D eigenvalue weighted by atomic mass is 10.1. The van der Waals surface area contributed by atoms with Crippen molar-refractivity contribution in [2.45, 2.75) is 27.3 Å². The number of hydrogen-bond donors (Lipinski definition) is 0. The van der Waals surface area contributed by atoms with Gasteiger partial charge in [-0.05, 0) is 38.2 Å². The molecule has 3 aromatic rings. The molecule has 0 radical (unpaired) electrons. The first-order valence-corrected chi connectivity index (χ1v) is 9.10. The van der Waals surface area contributed by atoms with Gasteiger partial charge in [-0.3, -0.25) is 0 Å². The lowest BCUT2D eigenvalue weighted by Gasteiger charge is -2.17. The van der Waals surface area contributed by atoms with Gasteiger partial charge in [0.2, 0.25) is 0 Å². The van der Waals surface area contributed by atoms with E-state index in [0.29, 0.717) is 12.2 Å². The van der Waals surface area contributed by atoms with Crippen LogP contribution in [0.3, 0.4) is 0 Å². The molecule has 2 aromatic carbocycles. The van der Waals surface area contributed by atoms with E-state index in [4.69, 9.17) is 4.74 Å². The zero-order valence-corrected chi connectivity index (χ0v) is 16.5. The Kier molecular flexibility index (Phi) is 7.06. The lowest BCUT2D eigenvalue weighted by Crippen LogP contribution is -2.27. The van der Waals surface area contributed by atoms with Crippen molar-refractivity contribution in [2.24, 2.45) is 0 Å². The van der Waals surface area contributed by atoms with Crippen LogP contribution in [0.5, 0.6) is 0 Å². The molecule has 0 unspecified atom stereocenters. The van der Waals surface area contributed by atoms with Crippen LogP contribution in [-0.4, -0.2) is 41.7 Å². The number of ether oxygens (including phenoxy) is 1. The molecule has 5 heteroatoms. The summed E-state index contributed by atoms with van der Waals surface area (Å²) in [6.45, 7) is 10.4. The van der Waals surface area contributed by atoms with Crippen molar-refractivity contribution in [1.82, 2.24) is 9.47 Å². The van der Waals surface area contributed by atoms with Crippen LogP contribution < -0.4 is 0 Å². The maximum absolute atomic E-state index is 12.4. The highest BCUT2D eigenvalue weighted by atomic mass is 35.5. The van der Waals surface area contributed by atoms with Gasteiger partial charge >= 0.3 is 5.97 Å². The molecule has 0 spiro atoms. The van der Waals surface area contributed by atoms with Crippen molar-refractivity contribution in [2.75, 3.05) is 26.2 Å². The Hall–Kier alpha value is -2.04. The van der Waals surface area contributed by atoms with E-state index >= 15 is 0 Å². The summed E-state index contributed by atoms with van der Waals surface area (Å²) in [5, 5.41) is 2.40. The summed E-state index contributed by atoms with van der Waals surface area (Å²) >= 11 is 0. The average molecular weight is 375 g/mol. The molecule has 3 rings (SSSR count). The first-order chi connectivity index (χ1) is 12.2. The number of halogens is 1. The maximum Gasteiger partial charge on any atom is 0.338 e. The summed E-state index contributed by atoms with van der Waals surface area (Å²) in [7, 11) is 0. The Morgan fingerprint density at radius 1 is 1.00 bits per heavy atom. The molecule has 4 nitrogen and oxygen atoms in total. The Labute approximate surface area is 161 Å². The number of carbonyl (C=O) groups excluding carboxylic acids is 1. The van der Waals surface area contributed by atoms with Crippen molar-refractivity contribution < 1.29 is 9.53 Å². The SMILES string of the molecule is CCN(CC)CCOC(=O)c1ccc2c3ccccc3n(CC)c2c1.Cl. The summed E-state index contributed by atoms with van der Waals surface area (Å²) in [6, 6.07) is 14.2. The third-order valence-corrected chi connectivity index (χ3v) is 4.86. The Bertz CT molecular complexity index is 884. The summed E-state index contributed by atoms with van der Waals surface area (Å²) < 4.78 is 7.72. The van der Waals surface area contributed by atoms with Gasteiger partial charge in [-0.15, -0.1) is 12.4 Å². The molecule has 0 aliphatic rings. The highest BCUT2D eigenvalue weighted by molar-refractivity contribution is 6.09. The molecule has 0 saturated heterocycles.